The van der Waals surface area contributed by atoms with Gasteiger partial charge in [0.15, 0.2) is 0 Å². The van der Waals surface area contributed by atoms with Crippen LogP contribution in [0.2, 0.25) is 0 Å². The third kappa shape index (κ3) is 3.95. The molecule has 0 radical (unpaired) electrons. The van der Waals surface area contributed by atoms with E-state index in [1.807, 2.05) is 13.8 Å². The number of rotatable bonds is 6. The van der Waals surface area contributed by atoms with Crippen molar-refractivity contribution in [3.05, 3.63) is 65.1 Å². The zero-order valence-corrected chi connectivity index (χ0v) is 15.4. The lowest BCUT2D eigenvalue weighted by Gasteiger charge is -2.24. The molecule has 1 atom stereocenters. The molecule has 0 aliphatic rings. The van der Waals surface area contributed by atoms with Crippen LogP contribution in [0.1, 0.15) is 29.8 Å². The van der Waals surface area contributed by atoms with Crippen LogP contribution in [0, 0.1) is 12.7 Å². The third-order valence-electron chi connectivity index (χ3n) is 4.81. The van der Waals surface area contributed by atoms with Crippen LogP contribution in [-0.4, -0.2) is 39.1 Å². The van der Waals surface area contributed by atoms with E-state index < -0.39 is 6.10 Å². The first-order chi connectivity index (χ1) is 12.9. The lowest BCUT2D eigenvalue weighted by Crippen LogP contribution is -2.35. The molecule has 3 aromatic rings. The van der Waals surface area contributed by atoms with Gasteiger partial charge in [0.05, 0.1) is 24.6 Å². The minimum absolute atomic E-state index is 0.0670. The molecule has 0 saturated carbocycles. The van der Waals surface area contributed by atoms with Crippen LogP contribution in [0.4, 0.5) is 4.39 Å². The first kappa shape index (κ1) is 18.9. The number of carbonyl (C=O) groups excluding carboxylic acids is 1. The van der Waals surface area contributed by atoms with Crippen LogP contribution >= 0.6 is 0 Å². The second-order valence-electron chi connectivity index (χ2n) is 6.61. The number of nitrogens with one attached hydrogen (secondary N) is 1. The van der Waals surface area contributed by atoms with Crippen LogP contribution in [0.15, 0.2) is 42.5 Å². The van der Waals surface area contributed by atoms with E-state index >= 15 is 0 Å². The summed E-state index contributed by atoms with van der Waals surface area (Å²) in [7, 11) is 0. The Morgan fingerprint density at radius 2 is 2.00 bits per heavy atom. The van der Waals surface area contributed by atoms with E-state index in [0.717, 1.165) is 11.3 Å². The molecule has 1 unspecified atom stereocenters. The Bertz CT molecular complexity index is 967. The lowest BCUT2D eigenvalue weighted by atomic mass is 10.1. The Labute approximate surface area is 157 Å². The van der Waals surface area contributed by atoms with Gasteiger partial charge in [-0.05, 0) is 43.2 Å². The Hall–Kier alpha value is -2.86. The minimum atomic E-state index is -0.900. The van der Waals surface area contributed by atoms with Crippen LogP contribution in [-0.2, 0) is 11.2 Å². The van der Waals surface area contributed by atoms with Gasteiger partial charge in [0.1, 0.15) is 11.6 Å². The highest BCUT2D eigenvalue weighted by molar-refractivity contribution is 5.90. The van der Waals surface area contributed by atoms with Crippen molar-refractivity contribution in [1.82, 2.24) is 9.88 Å². The molecular formula is C21H23FN2O3. The Balaban J connectivity index is 1.78. The molecule has 1 aromatic heterocycles. The zero-order valence-electron chi connectivity index (χ0n) is 15.4. The Morgan fingerprint density at radius 3 is 2.70 bits per heavy atom. The number of aryl methyl sites for hydroxylation is 1. The number of aromatic amines is 1. The molecule has 142 valence electrons. The molecule has 1 amide bonds. The summed E-state index contributed by atoms with van der Waals surface area (Å²) >= 11 is 0. The average molecular weight is 370 g/mol. The molecule has 0 saturated heterocycles. The van der Waals surface area contributed by atoms with Crippen LogP contribution in [0.25, 0.3) is 10.9 Å². The van der Waals surface area contributed by atoms with Crippen molar-refractivity contribution in [1.29, 1.82) is 0 Å². The van der Waals surface area contributed by atoms with E-state index in [-0.39, 0.29) is 30.4 Å². The van der Waals surface area contributed by atoms with E-state index in [1.165, 1.54) is 18.2 Å². The molecule has 0 fully saturated rings. The van der Waals surface area contributed by atoms with Crippen molar-refractivity contribution in [2.75, 3.05) is 13.1 Å². The molecule has 27 heavy (non-hydrogen) atoms. The maximum Gasteiger partial charge on any atom is 0.227 e. The number of fused-ring (bicyclic) bond motifs is 1. The predicted molar refractivity (Wildman–Crippen MR) is 102 cm³/mol. The van der Waals surface area contributed by atoms with Gasteiger partial charge in [-0.3, -0.25) is 4.79 Å². The van der Waals surface area contributed by atoms with Gasteiger partial charge in [-0.1, -0.05) is 24.3 Å². The number of aliphatic hydroxyl groups excluding tert-OH is 1. The molecule has 2 aromatic carbocycles. The number of halogens is 1. The summed E-state index contributed by atoms with van der Waals surface area (Å²) < 4.78 is 14.0. The summed E-state index contributed by atoms with van der Waals surface area (Å²) in [6.45, 7) is 4.22. The van der Waals surface area contributed by atoms with E-state index in [9.17, 15) is 19.4 Å². The first-order valence-corrected chi connectivity index (χ1v) is 8.91. The Kier molecular flexibility index (Phi) is 5.46. The zero-order chi connectivity index (χ0) is 19.6. The van der Waals surface area contributed by atoms with Crippen molar-refractivity contribution in [3.63, 3.8) is 0 Å². The van der Waals surface area contributed by atoms with E-state index in [4.69, 9.17) is 0 Å². The normalized spacial score (nSPS) is 12.3. The number of aromatic hydroxyl groups is 1. The minimum Gasteiger partial charge on any atom is -0.508 e. The molecule has 1 heterocycles. The summed E-state index contributed by atoms with van der Waals surface area (Å²) in [5.41, 5.74) is 2.47. The number of aliphatic hydroxyl groups is 1. The number of aromatic nitrogens is 1. The van der Waals surface area contributed by atoms with Gasteiger partial charge in [0.2, 0.25) is 5.91 Å². The molecule has 6 heteroatoms. The van der Waals surface area contributed by atoms with Gasteiger partial charge in [-0.25, -0.2) is 4.39 Å². The fraction of sp³-hybridized carbons (Fsp3) is 0.286. The Morgan fingerprint density at radius 1 is 1.26 bits per heavy atom. The summed E-state index contributed by atoms with van der Waals surface area (Å²) in [6.07, 6.45) is -0.780. The van der Waals surface area contributed by atoms with Crippen LogP contribution < -0.4 is 0 Å². The highest BCUT2D eigenvalue weighted by Crippen LogP contribution is 2.25. The molecule has 0 spiro atoms. The number of nitrogens with zero attached hydrogens (tertiary/aromatic N) is 1. The van der Waals surface area contributed by atoms with Gasteiger partial charge in [-0.2, -0.15) is 0 Å². The quantitative estimate of drug-likeness (QED) is 0.622. The van der Waals surface area contributed by atoms with Crippen molar-refractivity contribution in [3.8, 4) is 5.75 Å². The smallest absolute Gasteiger partial charge is 0.227 e. The molecule has 3 N–H and O–H groups in total. The topological polar surface area (TPSA) is 76.6 Å². The standard InChI is InChI=1S/C21H23FN2O3/c1-3-24(12-19(26)14-6-4-7-15(25)10-14)20(27)11-17-13(2)23-21-16(17)8-5-9-18(21)22/h4-10,19,23,25-26H,3,11-12H2,1-2H3. The fourth-order valence-corrected chi connectivity index (χ4v) is 3.31. The monoisotopic (exact) mass is 370 g/mol. The van der Waals surface area contributed by atoms with E-state index in [0.29, 0.717) is 23.0 Å². The molecule has 0 bridgehead atoms. The summed E-state index contributed by atoms with van der Waals surface area (Å²) in [6, 6.07) is 11.2. The maximum absolute atomic E-state index is 14.0. The SMILES string of the molecule is CCN(CC(O)c1cccc(O)c1)C(=O)Cc1c(C)[nH]c2c(F)cccc12. The largest absolute Gasteiger partial charge is 0.508 e. The number of hydrogen-bond donors (Lipinski definition) is 3. The van der Waals surface area contributed by atoms with Gasteiger partial charge in [0.25, 0.3) is 0 Å². The van der Waals surface area contributed by atoms with E-state index in [1.54, 1.807) is 29.2 Å². The van der Waals surface area contributed by atoms with Crippen LogP contribution in [0.3, 0.4) is 0 Å². The number of likely N-dealkylation sites (N-methyl/N-ethyl adjacent to an activating group) is 1. The average Bonchev–Trinajstić information content (AvgIpc) is 2.96. The fourth-order valence-electron chi connectivity index (χ4n) is 3.31. The summed E-state index contributed by atoms with van der Waals surface area (Å²) in [5.74, 6) is -0.428. The highest BCUT2D eigenvalue weighted by Gasteiger charge is 2.21. The van der Waals surface area contributed by atoms with Gasteiger partial charge in [-0.15, -0.1) is 0 Å². The van der Waals surface area contributed by atoms with Gasteiger partial charge >= 0.3 is 0 Å². The molecule has 0 aliphatic heterocycles. The summed E-state index contributed by atoms with van der Waals surface area (Å²) in [5, 5.41) is 20.7. The molecule has 3 rings (SSSR count). The van der Waals surface area contributed by atoms with Crippen molar-refractivity contribution >= 4 is 16.8 Å². The van der Waals surface area contributed by atoms with Gasteiger partial charge < -0.3 is 20.1 Å². The number of carbonyl (C=O) groups is 1. The number of benzene rings is 2. The number of hydrogen-bond acceptors (Lipinski definition) is 3. The maximum atomic E-state index is 14.0. The van der Waals surface area contributed by atoms with Crippen molar-refractivity contribution < 1.29 is 19.4 Å². The van der Waals surface area contributed by atoms with Crippen molar-refractivity contribution in [2.45, 2.75) is 26.4 Å². The first-order valence-electron chi connectivity index (χ1n) is 8.91. The molecule has 5 nitrogen and oxygen atoms in total. The molecular weight excluding hydrogens is 347 g/mol. The summed E-state index contributed by atoms with van der Waals surface area (Å²) in [4.78, 5) is 17.4. The second kappa shape index (κ2) is 7.80. The van der Waals surface area contributed by atoms with Crippen molar-refractivity contribution in [2.24, 2.45) is 0 Å². The van der Waals surface area contributed by atoms with Crippen LogP contribution in [0.5, 0.6) is 5.75 Å². The number of para-hydroxylation sites is 1. The number of H-pyrrole nitrogens is 1. The molecule has 0 aliphatic carbocycles. The predicted octanol–water partition coefficient (Wildman–Crippen LogP) is 3.45. The number of phenols is 1. The number of phenolic OH excluding ortho intramolecular Hbond substituents is 1. The van der Waals surface area contributed by atoms with E-state index in [2.05, 4.69) is 4.98 Å². The highest BCUT2D eigenvalue weighted by atomic mass is 19.1. The number of amides is 1. The third-order valence-corrected chi connectivity index (χ3v) is 4.81. The lowest BCUT2D eigenvalue weighted by molar-refractivity contribution is -0.131. The van der Waals surface area contributed by atoms with Gasteiger partial charge in [0, 0.05) is 17.6 Å². The second-order valence-corrected chi connectivity index (χ2v) is 6.61.